The normalized spacial score (nSPS) is 28.9. The van der Waals surface area contributed by atoms with Crippen molar-refractivity contribution in [3.8, 4) is 12.3 Å². The fourth-order valence-corrected chi connectivity index (χ4v) is 6.69. The molecule has 0 spiro atoms. The third kappa shape index (κ3) is 5.69. The quantitative estimate of drug-likeness (QED) is 0.154. The van der Waals surface area contributed by atoms with Crippen LogP contribution in [0.1, 0.15) is 19.0 Å². The summed E-state index contributed by atoms with van der Waals surface area (Å²) in [7, 11) is -17.1. The SMILES string of the molecule is C#CC1(O)[C@@H](O)[C@@H]([C@@H](C)OP(=O)(O)OP(=O)(O)OP(=O)(O)O)O[C@H]1n1cc(F)c2c(=O)[nH]c(C)nc21. The molecule has 3 heterocycles. The van der Waals surface area contributed by atoms with Gasteiger partial charge in [-0.3, -0.25) is 13.9 Å². The molecule has 1 aliphatic rings. The van der Waals surface area contributed by atoms with Crippen LogP contribution in [0.2, 0.25) is 0 Å². The first-order valence-electron chi connectivity index (χ1n) is 9.43. The number of aromatic nitrogens is 3. The van der Waals surface area contributed by atoms with Crippen LogP contribution < -0.4 is 5.56 Å². The highest BCUT2D eigenvalue weighted by Gasteiger charge is 2.58. The van der Waals surface area contributed by atoms with E-state index in [1.807, 2.05) is 5.92 Å². The first-order chi connectivity index (χ1) is 16.3. The topological polar surface area (TPSA) is 260 Å². The largest absolute Gasteiger partial charge is 0.490 e. The predicted molar refractivity (Wildman–Crippen MR) is 113 cm³/mol. The van der Waals surface area contributed by atoms with Crippen molar-refractivity contribution in [2.24, 2.45) is 0 Å². The number of H-pyrrole nitrogens is 1. The number of nitrogens with zero attached hydrogens (tertiary/aromatic N) is 2. The van der Waals surface area contributed by atoms with Crippen LogP contribution in [0.25, 0.3) is 11.0 Å². The Labute approximate surface area is 199 Å². The van der Waals surface area contributed by atoms with Gasteiger partial charge >= 0.3 is 23.5 Å². The Hall–Kier alpha value is -1.80. The fraction of sp³-hybridized carbons (Fsp3) is 0.467. The minimum absolute atomic E-state index is 0.0484. The summed E-state index contributed by atoms with van der Waals surface area (Å²) in [6.45, 7) is 2.34. The number of rotatable bonds is 8. The van der Waals surface area contributed by atoms with Gasteiger partial charge in [0.1, 0.15) is 23.4 Å². The van der Waals surface area contributed by atoms with Gasteiger partial charge in [0.15, 0.2) is 23.3 Å². The Morgan fingerprint density at radius 1 is 1.28 bits per heavy atom. The summed E-state index contributed by atoms with van der Waals surface area (Å²) in [6.07, 6.45) is -1.47. The lowest BCUT2D eigenvalue weighted by Gasteiger charge is -2.27. The van der Waals surface area contributed by atoms with E-state index in [1.54, 1.807) is 0 Å². The second-order valence-electron chi connectivity index (χ2n) is 7.50. The molecule has 17 nitrogen and oxygen atoms in total. The minimum atomic E-state index is -5.84. The van der Waals surface area contributed by atoms with Gasteiger partial charge in [0.05, 0.1) is 6.10 Å². The number of phosphoric ester groups is 1. The molecule has 3 unspecified atom stereocenters. The van der Waals surface area contributed by atoms with Crippen LogP contribution in [0.5, 0.6) is 0 Å². The van der Waals surface area contributed by atoms with Gasteiger partial charge in [-0.2, -0.15) is 8.62 Å². The van der Waals surface area contributed by atoms with E-state index in [0.29, 0.717) is 6.20 Å². The van der Waals surface area contributed by atoms with E-state index in [2.05, 4.69) is 23.1 Å². The van der Waals surface area contributed by atoms with Crippen molar-refractivity contribution in [2.45, 2.75) is 44.0 Å². The number of terminal acetylenes is 1. The molecule has 7 atom stereocenters. The fourth-order valence-electron chi connectivity index (χ4n) is 3.49. The number of halogens is 1. The van der Waals surface area contributed by atoms with Crippen molar-refractivity contribution in [2.75, 3.05) is 0 Å². The highest BCUT2D eigenvalue weighted by molar-refractivity contribution is 7.66. The van der Waals surface area contributed by atoms with Crippen molar-refractivity contribution >= 4 is 34.5 Å². The van der Waals surface area contributed by atoms with E-state index in [1.165, 1.54) is 6.92 Å². The maximum absolute atomic E-state index is 14.5. The Morgan fingerprint density at radius 3 is 2.44 bits per heavy atom. The van der Waals surface area contributed by atoms with Gasteiger partial charge in [-0.1, -0.05) is 5.92 Å². The highest BCUT2D eigenvalue weighted by atomic mass is 31.3. The number of hydrogen-bond donors (Lipinski definition) is 7. The monoisotopic (exact) mass is 577 g/mol. The van der Waals surface area contributed by atoms with Gasteiger partial charge in [0.2, 0.25) is 0 Å². The third-order valence-corrected chi connectivity index (χ3v) is 8.77. The van der Waals surface area contributed by atoms with E-state index >= 15 is 0 Å². The van der Waals surface area contributed by atoms with E-state index in [9.17, 15) is 42.9 Å². The molecule has 1 saturated heterocycles. The highest BCUT2D eigenvalue weighted by Crippen LogP contribution is 2.66. The molecule has 0 aromatic carbocycles. The lowest BCUT2D eigenvalue weighted by atomic mass is 9.93. The van der Waals surface area contributed by atoms with Gasteiger partial charge in [-0.15, -0.1) is 6.42 Å². The van der Waals surface area contributed by atoms with Gasteiger partial charge in [0.25, 0.3) is 5.56 Å². The number of aryl methyl sites for hydroxylation is 1. The summed E-state index contributed by atoms with van der Waals surface area (Å²) in [5.74, 6) is 0.834. The zero-order valence-electron chi connectivity index (χ0n) is 18.0. The van der Waals surface area contributed by atoms with Crippen LogP contribution in [-0.2, 0) is 31.6 Å². The molecular weight excluding hydrogens is 558 g/mol. The van der Waals surface area contributed by atoms with Gasteiger partial charge in [-0.25, -0.2) is 23.1 Å². The molecule has 200 valence electrons. The molecule has 0 radical (unpaired) electrons. The number of aliphatic hydroxyl groups is 2. The lowest BCUT2D eigenvalue weighted by molar-refractivity contribution is -0.0830. The predicted octanol–water partition coefficient (Wildman–Crippen LogP) is -0.473. The molecule has 7 N–H and O–H groups in total. The summed E-state index contributed by atoms with van der Waals surface area (Å²) < 4.78 is 67.0. The molecular formula is C15H19FN3O14P3. The zero-order chi connectivity index (χ0) is 27.4. The molecule has 1 aliphatic heterocycles. The van der Waals surface area contributed by atoms with Crippen molar-refractivity contribution in [3.63, 3.8) is 0 Å². The first kappa shape index (κ1) is 28.8. The smallest absolute Gasteiger partial charge is 0.386 e. The molecule has 0 bridgehead atoms. The number of hydrogen-bond acceptors (Lipinski definition) is 11. The van der Waals surface area contributed by atoms with Crippen LogP contribution in [-0.4, -0.2) is 68.2 Å². The van der Waals surface area contributed by atoms with Crippen LogP contribution in [0.4, 0.5) is 4.39 Å². The number of nitrogens with one attached hydrogen (secondary N) is 1. The molecule has 0 aliphatic carbocycles. The molecule has 2 aromatic heterocycles. The number of fused-ring (bicyclic) bond motifs is 1. The molecule has 3 rings (SSSR count). The molecule has 2 aromatic rings. The van der Waals surface area contributed by atoms with Crippen LogP contribution in [0, 0.1) is 25.1 Å². The number of phosphoric acid groups is 3. The Bertz CT molecular complexity index is 1430. The van der Waals surface area contributed by atoms with Crippen molar-refractivity contribution in [1.29, 1.82) is 0 Å². The molecule has 1 fully saturated rings. The van der Waals surface area contributed by atoms with Crippen molar-refractivity contribution in [3.05, 3.63) is 28.2 Å². The minimum Gasteiger partial charge on any atom is -0.386 e. The second kappa shape index (κ2) is 9.50. The Morgan fingerprint density at radius 2 is 1.89 bits per heavy atom. The summed E-state index contributed by atoms with van der Waals surface area (Å²) >= 11 is 0. The average molecular weight is 577 g/mol. The first-order valence-corrected chi connectivity index (χ1v) is 13.9. The molecule has 0 amide bonds. The van der Waals surface area contributed by atoms with E-state index in [0.717, 1.165) is 11.5 Å². The second-order valence-corrected chi connectivity index (χ2v) is 11.9. The molecule has 21 heteroatoms. The Kier molecular flexibility index (Phi) is 7.59. The summed E-state index contributed by atoms with van der Waals surface area (Å²) in [6, 6.07) is 0. The van der Waals surface area contributed by atoms with Crippen LogP contribution in [0.15, 0.2) is 11.0 Å². The standard InChI is InChI=1S/C15H19FN3O14P3/c1-4-15(22)11(20)10(6(2)31-35(26,27)33-36(28,29)32-34(23,24)25)30-14(15)19-5-8(16)9-12(19)17-7(3)18-13(9)21/h1,5-6,10-11,14,20,22H,2-3H3,(H,26,27)(H,28,29)(H,17,18,21)(H2,23,24,25)/t6-,10-,11+,14-,15?/m1/s1. The molecule has 36 heavy (non-hydrogen) atoms. The maximum Gasteiger partial charge on any atom is 0.490 e. The number of aromatic amines is 1. The number of ether oxygens (including phenoxy) is 1. The third-order valence-electron chi connectivity index (χ3n) is 4.84. The van der Waals surface area contributed by atoms with Crippen LogP contribution >= 0.6 is 23.5 Å². The average Bonchev–Trinajstić information content (AvgIpc) is 3.13. The molecule has 0 saturated carbocycles. The number of aliphatic hydroxyl groups excluding tert-OH is 1. The zero-order valence-corrected chi connectivity index (χ0v) is 20.7. The Balaban J connectivity index is 1.93. The van der Waals surface area contributed by atoms with E-state index in [4.69, 9.17) is 20.9 Å². The van der Waals surface area contributed by atoms with Gasteiger partial charge in [0, 0.05) is 6.20 Å². The van der Waals surface area contributed by atoms with Crippen molar-refractivity contribution < 1.29 is 65.8 Å². The summed E-state index contributed by atoms with van der Waals surface area (Å²) in [5.41, 5.74) is -3.86. The maximum atomic E-state index is 14.5. The van der Waals surface area contributed by atoms with Gasteiger partial charge < -0.3 is 39.5 Å². The summed E-state index contributed by atoms with van der Waals surface area (Å²) in [4.78, 5) is 54.6. The van der Waals surface area contributed by atoms with Crippen LogP contribution in [0.3, 0.4) is 0 Å². The summed E-state index contributed by atoms with van der Waals surface area (Å²) in [5, 5.41) is 21.1. The van der Waals surface area contributed by atoms with Crippen molar-refractivity contribution in [1.82, 2.24) is 14.5 Å². The van der Waals surface area contributed by atoms with E-state index < -0.39 is 70.4 Å². The van der Waals surface area contributed by atoms with E-state index in [-0.39, 0.29) is 11.5 Å². The van der Waals surface area contributed by atoms with Gasteiger partial charge in [-0.05, 0) is 13.8 Å². The lowest BCUT2D eigenvalue weighted by Crippen LogP contribution is -2.47.